The van der Waals surface area contributed by atoms with Gasteiger partial charge >= 0.3 is 5.97 Å². The Morgan fingerprint density at radius 2 is 1.96 bits per heavy atom. The van der Waals surface area contributed by atoms with Crippen LogP contribution in [0, 0.1) is 0 Å². The van der Waals surface area contributed by atoms with E-state index in [1.54, 1.807) is 4.90 Å². The van der Waals surface area contributed by atoms with Crippen molar-refractivity contribution in [3.63, 3.8) is 0 Å². The highest BCUT2D eigenvalue weighted by molar-refractivity contribution is 8.01. The third-order valence-corrected chi connectivity index (χ3v) is 5.46. The molecular formula is C18H22N2O5S. The molecule has 2 aliphatic rings. The first-order valence-corrected chi connectivity index (χ1v) is 9.45. The lowest BCUT2D eigenvalue weighted by molar-refractivity contribution is -0.157. The van der Waals surface area contributed by atoms with E-state index in [4.69, 9.17) is 9.47 Å². The maximum absolute atomic E-state index is 12.2. The number of thioether (sulfide) groups is 1. The van der Waals surface area contributed by atoms with Gasteiger partial charge in [-0.15, -0.1) is 11.8 Å². The molecule has 1 saturated heterocycles. The molecule has 8 heteroatoms. The second-order valence-electron chi connectivity index (χ2n) is 6.51. The summed E-state index contributed by atoms with van der Waals surface area (Å²) in [6.07, 6.45) is -0.157. The van der Waals surface area contributed by atoms with Gasteiger partial charge in [0.2, 0.25) is 5.91 Å². The molecule has 7 nitrogen and oxygen atoms in total. The number of carbonyl (C=O) groups is 3. The van der Waals surface area contributed by atoms with Crippen molar-refractivity contribution in [3.8, 4) is 0 Å². The standard InChI is InChI=1S/C18H22N2O5S/c1-11-8-20(9-12(2)25-11)16(21)10-24-17(22)7-15-18(23)19-13-5-3-4-6-14(13)26-15/h3-6,11-12,15H,7-10H2,1-2H3,(H,19,23)/t11-,12-,15-/m1/s1. The Kier molecular flexibility index (Phi) is 5.83. The highest BCUT2D eigenvalue weighted by atomic mass is 32.2. The Morgan fingerprint density at radius 1 is 1.27 bits per heavy atom. The van der Waals surface area contributed by atoms with Gasteiger partial charge in [0, 0.05) is 18.0 Å². The van der Waals surface area contributed by atoms with Gasteiger partial charge in [-0.25, -0.2) is 0 Å². The van der Waals surface area contributed by atoms with Crippen LogP contribution >= 0.6 is 11.8 Å². The van der Waals surface area contributed by atoms with Gasteiger partial charge in [0.15, 0.2) is 6.61 Å². The van der Waals surface area contributed by atoms with Crippen molar-refractivity contribution in [1.29, 1.82) is 0 Å². The average Bonchev–Trinajstić information content (AvgIpc) is 2.59. The van der Waals surface area contributed by atoms with Gasteiger partial charge in [-0.1, -0.05) is 12.1 Å². The zero-order valence-corrected chi connectivity index (χ0v) is 15.6. The lowest BCUT2D eigenvalue weighted by atomic mass is 10.2. The zero-order chi connectivity index (χ0) is 18.7. The molecule has 0 spiro atoms. The fourth-order valence-corrected chi connectivity index (χ4v) is 4.15. The van der Waals surface area contributed by atoms with Crippen LogP contribution in [0.4, 0.5) is 5.69 Å². The fourth-order valence-electron chi connectivity index (χ4n) is 3.05. The molecular weight excluding hydrogens is 356 g/mol. The number of ether oxygens (including phenoxy) is 2. The largest absolute Gasteiger partial charge is 0.456 e. The molecule has 140 valence electrons. The summed E-state index contributed by atoms with van der Waals surface area (Å²) in [6.45, 7) is 4.46. The molecule has 2 amide bonds. The zero-order valence-electron chi connectivity index (χ0n) is 14.8. The number of fused-ring (bicyclic) bond motifs is 1. The maximum Gasteiger partial charge on any atom is 0.307 e. The second-order valence-corrected chi connectivity index (χ2v) is 7.76. The maximum atomic E-state index is 12.2. The Bertz CT molecular complexity index is 701. The van der Waals surface area contributed by atoms with Crippen LogP contribution in [0.5, 0.6) is 0 Å². The van der Waals surface area contributed by atoms with Crippen LogP contribution in [-0.2, 0) is 23.9 Å². The molecule has 0 unspecified atom stereocenters. The van der Waals surface area contributed by atoms with Crippen LogP contribution in [0.3, 0.4) is 0 Å². The smallest absolute Gasteiger partial charge is 0.307 e. The number of amides is 2. The predicted octanol–water partition coefficient (Wildman–Crippen LogP) is 1.67. The first-order chi connectivity index (χ1) is 12.4. The Labute approximate surface area is 156 Å². The number of nitrogens with zero attached hydrogens (tertiary/aromatic N) is 1. The Hall–Kier alpha value is -2.06. The summed E-state index contributed by atoms with van der Waals surface area (Å²) >= 11 is 1.33. The third kappa shape index (κ3) is 4.56. The van der Waals surface area contributed by atoms with Gasteiger partial charge in [0.25, 0.3) is 5.91 Å². The van der Waals surface area contributed by atoms with E-state index in [0.717, 1.165) is 10.6 Å². The molecule has 1 aromatic carbocycles. The normalized spacial score (nSPS) is 25.2. The lowest BCUT2D eigenvalue weighted by Crippen LogP contribution is -2.49. The van der Waals surface area contributed by atoms with Gasteiger partial charge in [-0.05, 0) is 26.0 Å². The minimum Gasteiger partial charge on any atom is -0.456 e. The van der Waals surface area contributed by atoms with Crippen LogP contribution in [0.25, 0.3) is 0 Å². The van der Waals surface area contributed by atoms with Crippen LogP contribution < -0.4 is 5.32 Å². The van der Waals surface area contributed by atoms with E-state index in [9.17, 15) is 14.4 Å². The molecule has 0 bridgehead atoms. The van der Waals surface area contributed by atoms with Crippen LogP contribution in [0.1, 0.15) is 20.3 Å². The van der Waals surface area contributed by atoms with Crippen molar-refractivity contribution in [2.45, 2.75) is 42.6 Å². The van der Waals surface area contributed by atoms with E-state index < -0.39 is 11.2 Å². The van der Waals surface area contributed by atoms with Crippen molar-refractivity contribution < 1.29 is 23.9 Å². The van der Waals surface area contributed by atoms with Crippen molar-refractivity contribution in [2.75, 3.05) is 25.0 Å². The molecule has 2 heterocycles. The van der Waals surface area contributed by atoms with Crippen LogP contribution in [0.2, 0.25) is 0 Å². The van der Waals surface area contributed by atoms with Gasteiger partial charge in [0.1, 0.15) is 0 Å². The number of carbonyl (C=O) groups excluding carboxylic acids is 3. The Morgan fingerprint density at radius 3 is 2.69 bits per heavy atom. The quantitative estimate of drug-likeness (QED) is 0.803. The molecule has 0 aliphatic carbocycles. The highest BCUT2D eigenvalue weighted by Crippen LogP contribution is 2.36. The Balaban J connectivity index is 1.48. The molecule has 0 saturated carbocycles. The minimum atomic E-state index is -0.559. The summed E-state index contributed by atoms with van der Waals surface area (Å²) in [5.41, 5.74) is 0.748. The average molecular weight is 378 g/mol. The van der Waals surface area contributed by atoms with Crippen molar-refractivity contribution in [3.05, 3.63) is 24.3 Å². The van der Waals surface area contributed by atoms with E-state index in [2.05, 4.69) is 5.32 Å². The molecule has 1 fully saturated rings. The van der Waals surface area contributed by atoms with E-state index in [-0.39, 0.29) is 37.0 Å². The molecule has 2 aliphatic heterocycles. The summed E-state index contributed by atoms with van der Waals surface area (Å²) in [4.78, 5) is 39.0. The van der Waals surface area contributed by atoms with Crippen molar-refractivity contribution >= 4 is 35.2 Å². The first kappa shape index (κ1) is 18.7. The summed E-state index contributed by atoms with van der Waals surface area (Å²) in [6, 6.07) is 7.43. The van der Waals surface area contributed by atoms with Crippen molar-refractivity contribution in [1.82, 2.24) is 4.90 Å². The predicted molar refractivity (Wildman–Crippen MR) is 96.9 cm³/mol. The third-order valence-electron chi connectivity index (χ3n) is 4.19. The van der Waals surface area contributed by atoms with Gasteiger partial charge in [-0.3, -0.25) is 14.4 Å². The number of rotatable bonds is 4. The molecule has 1 aromatic rings. The van der Waals surface area contributed by atoms with Crippen LogP contribution in [-0.4, -0.2) is 59.8 Å². The number of nitrogens with one attached hydrogen (secondary N) is 1. The van der Waals surface area contributed by atoms with Gasteiger partial charge in [0.05, 0.1) is 29.6 Å². The number of hydrogen-bond acceptors (Lipinski definition) is 6. The number of hydrogen-bond donors (Lipinski definition) is 1. The highest BCUT2D eigenvalue weighted by Gasteiger charge is 2.30. The first-order valence-electron chi connectivity index (χ1n) is 8.58. The number of benzene rings is 1. The lowest BCUT2D eigenvalue weighted by Gasteiger charge is -2.35. The number of para-hydroxylation sites is 1. The topological polar surface area (TPSA) is 84.9 Å². The summed E-state index contributed by atoms with van der Waals surface area (Å²) in [7, 11) is 0. The fraction of sp³-hybridized carbons (Fsp3) is 0.500. The molecule has 26 heavy (non-hydrogen) atoms. The molecule has 3 atom stereocenters. The van der Waals surface area contributed by atoms with Gasteiger partial charge < -0.3 is 19.7 Å². The van der Waals surface area contributed by atoms with E-state index in [1.165, 1.54) is 11.8 Å². The summed E-state index contributed by atoms with van der Waals surface area (Å²) in [5, 5.41) is 2.23. The van der Waals surface area contributed by atoms with Gasteiger partial charge in [-0.2, -0.15) is 0 Å². The number of esters is 1. The number of anilines is 1. The van der Waals surface area contributed by atoms with E-state index in [1.807, 2.05) is 38.1 Å². The minimum absolute atomic E-state index is 0.0409. The second kappa shape index (κ2) is 8.09. The molecule has 3 rings (SSSR count). The number of morpholine rings is 1. The monoisotopic (exact) mass is 378 g/mol. The van der Waals surface area contributed by atoms with E-state index >= 15 is 0 Å². The molecule has 0 aromatic heterocycles. The van der Waals surface area contributed by atoms with E-state index in [0.29, 0.717) is 13.1 Å². The molecule has 0 radical (unpaired) electrons. The van der Waals surface area contributed by atoms with Crippen LogP contribution in [0.15, 0.2) is 29.2 Å². The summed E-state index contributed by atoms with van der Waals surface area (Å²) in [5.74, 6) is -1.03. The van der Waals surface area contributed by atoms with Crippen molar-refractivity contribution in [2.24, 2.45) is 0 Å². The SMILES string of the molecule is C[C@@H]1CN(C(=O)COC(=O)C[C@H]2Sc3ccccc3NC2=O)C[C@@H](C)O1. The molecule has 1 N–H and O–H groups in total. The summed E-state index contributed by atoms with van der Waals surface area (Å²) < 4.78 is 10.7.